The first-order valence-electron chi connectivity index (χ1n) is 8.62. The zero-order valence-electron chi connectivity index (χ0n) is 14.9. The van der Waals surface area contributed by atoms with Crippen molar-refractivity contribution in [1.29, 1.82) is 0 Å². The first-order valence-corrected chi connectivity index (χ1v) is 8.62. The first kappa shape index (κ1) is 19.8. The van der Waals surface area contributed by atoms with Crippen molar-refractivity contribution in [3.05, 3.63) is 57.5 Å². The first-order chi connectivity index (χ1) is 13.1. The lowest BCUT2D eigenvalue weighted by atomic mass is 10.1. The standard InChI is InChI=1S/C18H18F4N4O2/c1-10(11-2-4-12(5-3-11)18(20,21)22)23-16(28)14-8-15(27)25-17(24-14)26-7-6-13(19)9-26/h2-5,8,10,13H,6-7,9H2,1H3,(H,23,28)(H,24,25,27)/t10?,13-/m0/s1. The Hall–Kier alpha value is -2.91. The number of rotatable bonds is 4. The van der Waals surface area contributed by atoms with Gasteiger partial charge in [0.25, 0.3) is 11.5 Å². The van der Waals surface area contributed by atoms with E-state index in [-0.39, 0.29) is 18.2 Å². The Labute approximate surface area is 157 Å². The van der Waals surface area contributed by atoms with Crippen LogP contribution in [-0.4, -0.2) is 35.1 Å². The van der Waals surface area contributed by atoms with Gasteiger partial charge in [0.15, 0.2) is 0 Å². The molecular formula is C18H18F4N4O2. The van der Waals surface area contributed by atoms with Crippen LogP contribution in [-0.2, 0) is 6.18 Å². The third-order valence-corrected chi connectivity index (χ3v) is 4.48. The Balaban J connectivity index is 1.73. The van der Waals surface area contributed by atoms with Gasteiger partial charge in [-0.15, -0.1) is 0 Å². The van der Waals surface area contributed by atoms with Crippen LogP contribution < -0.4 is 15.8 Å². The molecule has 28 heavy (non-hydrogen) atoms. The van der Waals surface area contributed by atoms with Gasteiger partial charge in [0, 0.05) is 12.6 Å². The molecule has 1 aromatic heterocycles. The van der Waals surface area contributed by atoms with Crippen LogP contribution in [0.4, 0.5) is 23.5 Å². The predicted molar refractivity (Wildman–Crippen MR) is 93.9 cm³/mol. The van der Waals surface area contributed by atoms with Crippen molar-refractivity contribution in [2.45, 2.75) is 31.7 Å². The predicted octanol–water partition coefficient (Wildman–Crippen LogP) is 2.83. The fraction of sp³-hybridized carbons (Fsp3) is 0.389. The molecule has 150 valence electrons. The van der Waals surface area contributed by atoms with Gasteiger partial charge < -0.3 is 10.2 Å². The van der Waals surface area contributed by atoms with Gasteiger partial charge in [-0.05, 0) is 31.0 Å². The molecule has 0 radical (unpaired) electrons. The fourth-order valence-electron chi connectivity index (χ4n) is 2.94. The average Bonchev–Trinajstić information content (AvgIpc) is 3.07. The van der Waals surface area contributed by atoms with Crippen LogP contribution in [0.3, 0.4) is 0 Å². The molecule has 6 nitrogen and oxygen atoms in total. The van der Waals surface area contributed by atoms with E-state index in [4.69, 9.17) is 0 Å². The number of halogens is 4. The summed E-state index contributed by atoms with van der Waals surface area (Å²) in [6.45, 7) is 2.05. The Morgan fingerprint density at radius 3 is 2.57 bits per heavy atom. The van der Waals surface area contributed by atoms with E-state index < -0.39 is 35.4 Å². The minimum atomic E-state index is -4.44. The number of carbonyl (C=O) groups excluding carboxylic acids is 1. The Morgan fingerprint density at radius 2 is 2.00 bits per heavy atom. The molecule has 2 N–H and O–H groups in total. The van der Waals surface area contributed by atoms with Gasteiger partial charge in [0.1, 0.15) is 11.9 Å². The quantitative estimate of drug-likeness (QED) is 0.777. The molecule has 1 aromatic carbocycles. The highest BCUT2D eigenvalue weighted by Gasteiger charge is 2.30. The number of nitrogens with zero attached hydrogens (tertiary/aromatic N) is 2. The highest BCUT2D eigenvalue weighted by molar-refractivity contribution is 5.92. The lowest BCUT2D eigenvalue weighted by molar-refractivity contribution is -0.137. The van der Waals surface area contributed by atoms with E-state index in [1.165, 1.54) is 12.1 Å². The molecule has 0 saturated carbocycles. The maximum absolute atomic E-state index is 13.4. The van der Waals surface area contributed by atoms with Crippen LogP contribution in [0.1, 0.15) is 41.0 Å². The number of benzene rings is 1. The Bertz CT molecular complexity index is 911. The summed E-state index contributed by atoms with van der Waals surface area (Å²) in [4.78, 5) is 32.4. The summed E-state index contributed by atoms with van der Waals surface area (Å²) in [5.41, 5.74) is -1.03. The van der Waals surface area contributed by atoms with Crippen molar-refractivity contribution >= 4 is 11.9 Å². The van der Waals surface area contributed by atoms with Crippen molar-refractivity contribution in [1.82, 2.24) is 15.3 Å². The molecule has 2 heterocycles. The summed E-state index contributed by atoms with van der Waals surface area (Å²) in [6, 6.07) is 4.82. The molecule has 1 fully saturated rings. The third-order valence-electron chi connectivity index (χ3n) is 4.48. The summed E-state index contributed by atoms with van der Waals surface area (Å²) in [5, 5.41) is 2.60. The molecule has 2 atom stereocenters. The van der Waals surface area contributed by atoms with E-state index in [1.807, 2.05) is 0 Å². The van der Waals surface area contributed by atoms with Crippen LogP contribution in [0, 0.1) is 0 Å². The summed E-state index contributed by atoms with van der Waals surface area (Å²) < 4.78 is 51.3. The number of amides is 1. The van der Waals surface area contributed by atoms with Gasteiger partial charge in [0.2, 0.25) is 5.95 Å². The van der Waals surface area contributed by atoms with Crippen LogP contribution in [0.15, 0.2) is 35.1 Å². The van der Waals surface area contributed by atoms with E-state index in [9.17, 15) is 27.2 Å². The summed E-state index contributed by atoms with van der Waals surface area (Å²) >= 11 is 0. The highest BCUT2D eigenvalue weighted by Crippen LogP contribution is 2.30. The summed E-state index contributed by atoms with van der Waals surface area (Å²) in [7, 11) is 0. The topological polar surface area (TPSA) is 78.1 Å². The number of aromatic amines is 1. The minimum Gasteiger partial charge on any atom is -0.344 e. The number of alkyl halides is 4. The van der Waals surface area contributed by atoms with Crippen LogP contribution >= 0.6 is 0 Å². The van der Waals surface area contributed by atoms with Gasteiger partial charge in [-0.2, -0.15) is 13.2 Å². The normalized spacial score (nSPS) is 18.2. The van der Waals surface area contributed by atoms with Crippen molar-refractivity contribution in [2.24, 2.45) is 0 Å². The van der Waals surface area contributed by atoms with E-state index in [2.05, 4.69) is 15.3 Å². The van der Waals surface area contributed by atoms with Crippen molar-refractivity contribution in [3.8, 4) is 0 Å². The number of H-pyrrole nitrogens is 1. The van der Waals surface area contributed by atoms with Crippen LogP contribution in [0.2, 0.25) is 0 Å². The molecule has 1 amide bonds. The average molecular weight is 398 g/mol. The molecule has 1 saturated heterocycles. The number of anilines is 1. The largest absolute Gasteiger partial charge is 0.416 e. The van der Waals surface area contributed by atoms with Crippen LogP contribution in [0.5, 0.6) is 0 Å². The summed E-state index contributed by atoms with van der Waals surface area (Å²) in [5.74, 6) is -0.546. The monoisotopic (exact) mass is 398 g/mol. The SMILES string of the molecule is CC(NC(=O)c1cc(=O)[nH]c(N2CC[C@H](F)C2)n1)c1ccc(C(F)(F)F)cc1. The molecule has 10 heteroatoms. The molecule has 1 aliphatic heterocycles. The van der Waals surface area contributed by atoms with E-state index >= 15 is 0 Å². The fourth-order valence-corrected chi connectivity index (χ4v) is 2.94. The molecule has 1 unspecified atom stereocenters. The molecule has 1 aliphatic rings. The number of carbonyl (C=O) groups is 1. The van der Waals surface area contributed by atoms with Crippen molar-refractivity contribution in [2.75, 3.05) is 18.0 Å². The van der Waals surface area contributed by atoms with Gasteiger partial charge in [-0.25, -0.2) is 9.37 Å². The van der Waals surface area contributed by atoms with Gasteiger partial charge in [-0.1, -0.05) is 12.1 Å². The van der Waals surface area contributed by atoms with Crippen molar-refractivity contribution in [3.63, 3.8) is 0 Å². The van der Waals surface area contributed by atoms with Crippen molar-refractivity contribution < 1.29 is 22.4 Å². The molecule has 2 aromatic rings. The number of nitrogens with one attached hydrogen (secondary N) is 2. The molecule has 3 rings (SSSR count). The lowest BCUT2D eigenvalue weighted by Crippen LogP contribution is -2.31. The molecule has 0 spiro atoms. The molecular weight excluding hydrogens is 380 g/mol. The van der Waals surface area contributed by atoms with E-state index in [0.29, 0.717) is 18.5 Å². The third kappa shape index (κ3) is 4.49. The molecule has 0 aliphatic carbocycles. The Kier molecular flexibility index (Phi) is 5.39. The second kappa shape index (κ2) is 7.61. The maximum atomic E-state index is 13.4. The maximum Gasteiger partial charge on any atom is 0.416 e. The lowest BCUT2D eigenvalue weighted by Gasteiger charge is -2.17. The zero-order chi connectivity index (χ0) is 20.5. The summed E-state index contributed by atoms with van der Waals surface area (Å²) in [6.07, 6.45) is -5.15. The van der Waals surface area contributed by atoms with Gasteiger partial charge in [0.05, 0.1) is 18.2 Å². The van der Waals surface area contributed by atoms with Gasteiger partial charge in [-0.3, -0.25) is 14.6 Å². The van der Waals surface area contributed by atoms with Gasteiger partial charge >= 0.3 is 6.18 Å². The smallest absolute Gasteiger partial charge is 0.344 e. The van der Waals surface area contributed by atoms with E-state index in [0.717, 1.165) is 18.2 Å². The number of aromatic nitrogens is 2. The minimum absolute atomic E-state index is 0.0793. The van der Waals surface area contributed by atoms with E-state index in [1.54, 1.807) is 11.8 Å². The number of hydrogen-bond acceptors (Lipinski definition) is 4. The van der Waals surface area contributed by atoms with Crippen LogP contribution in [0.25, 0.3) is 0 Å². The second-order valence-corrected chi connectivity index (χ2v) is 6.60. The highest BCUT2D eigenvalue weighted by atomic mass is 19.4. The molecule has 0 bridgehead atoms. The Morgan fingerprint density at radius 1 is 1.32 bits per heavy atom. The number of hydrogen-bond donors (Lipinski definition) is 2. The second-order valence-electron chi connectivity index (χ2n) is 6.60. The zero-order valence-corrected chi connectivity index (χ0v) is 14.9.